The van der Waals surface area contributed by atoms with E-state index in [1.165, 1.54) is 11.1 Å². The summed E-state index contributed by atoms with van der Waals surface area (Å²) in [4.78, 5) is 9.36. The lowest BCUT2D eigenvalue weighted by Gasteiger charge is -2.23. The van der Waals surface area contributed by atoms with E-state index in [1.54, 1.807) is 7.11 Å². The lowest BCUT2D eigenvalue weighted by Crippen LogP contribution is -2.33. The summed E-state index contributed by atoms with van der Waals surface area (Å²) in [5.41, 5.74) is 2.53. The van der Waals surface area contributed by atoms with Gasteiger partial charge < -0.3 is 9.64 Å². The average molecular weight is 301 g/mol. The number of hydrogen-bond acceptors (Lipinski definition) is 5. The van der Waals surface area contributed by atoms with Crippen molar-refractivity contribution in [2.24, 2.45) is 7.05 Å². The summed E-state index contributed by atoms with van der Waals surface area (Å²) in [5.74, 6) is 1.09. The lowest BCUT2D eigenvalue weighted by atomic mass is 10.2. The first-order chi connectivity index (χ1) is 10.8. The molecular weight excluding hydrogens is 278 g/mol. The molecule has 3 rings (SSSR count). The lowest BCUT2D eigenvalue weighted by molar-refractivity contribution is 0.203. The fourth-order valence-corrected chi connectivity index (χ4v) is 2.89. The van der Waals surface area contributed by atoms with E-state index in [0.717, 1.165) is 45.1 Å². The molecule has 0 saturated carbocycles. The molecule has 0 unspecified atom stereocenters. The van der Waals surface area contributed by atoms with Crippen LogP contribution >= 0.6 is 0 Å². The third-order valence-electron chi connectivity index (χ3n) is 3.98. The Morgan fingerprint density at radius 3 is 3.00 bits per heavy atom. The number of nitrogens with zero attached hydrogens (tertiary/aromatic N) is 5. The molecule has 0 bridgehead atoms. The summed E-state index contributed by atoms with van der Waals surface area (Å²) in [5, 5.41) is 4.26. The molecule has 0 N–H and O–H groups in total. The Hall–Kier alpha value is -1.92. The van der Waals surface area contributed by atoms with Gasteiger partial charge in [-0.15, -0.1) is 0 Å². The Balaban J connectivity index is 1.75. The van der Waals surface area contributed by atoms with Crippen LogP contribution in [0.1, 0.15) is 11.1 Å². The van der Waals surface area contributed by atoms with E-state index in [4.69, 9.17) is 4.74 Å². The van der Waals surface area contributed by atoms with Crippen LogP contribution in [0.25, 0.3) is 0 Å². The highest BCUT2D eigenvalue weighted by Gasteiger charge is 2.20. The number of fused-ring (bicyclic) bond motifs is 1. The van der Waals surface area contributed by atoms with Crippen molar-refractivity contribution in [3.8, 4) is 0 Å². The molecule has 0 radical (unpaired) electrons. The third-order valence-corrected chi connectivity index (χ3v) is 3.98. The summed E-state index contributed by atoms with van der Waals surface area (Å²) < 4.78 is 7.09. The molecule has 0 atom stereocenters. The van der Waals surface area contributed by atoms with Gasteiger partial charge in [0, 0.05) is 70.4 Å². The van der Waals surface area contributed by atoms with Crippen molar-refractivity contribution in [2.45, 2.75) is 13.1 Å². The van der Waals surface area contributed by atoms with Gasteiger partial charge in [0.15, 0.2) is 0 Å². The molecule has 2 aromatic heterocycles. The number of rotatable bonds is 5. The second-order valence-corrected chi connectivity index (χ2v) is 5.70. The summed E-state index contributed by atoms with van der Waals surface area (Å²) in [7, 11) is 3.70. The Morgan fingerprint density at radius 1 is 1.32 bits per heavy atom. The average Bonchev–Trinajstić information content (AvgIpc) is 2.84. The molecule has 2 aromatic rings. The van der Waals surface area contributed by atoms with Crippen LogP contribution in [-0.4, -0.2) is 53.0 Å². The summed E-state index contributed by atoms with van der Waals surface area (Å²) in [6.45, 7) is 5.41. The Kier molecular flexibility index (Phi) is 4.70. The Labute approximate surface area is 131 Å². The van der Waals surface area contributed by atoms with Crippen LogP contribution in [0.3, 0.4) is 0 Å². The number of pyridine rings is 1. The van der Waals surface area contributed by atoms with Gasteiger partial charge in [-0.05, 0) is 6.07 Å². The molecule has 0 spiro atoms. The van der Waals surface area contributed by atoms with Crippen LogP contribution in [-0.2, 0) is 24.9 Å². The standard InChI is InChI=1S/C16H23N5O/c1-19-11-14(10-18-19)12-20-6-7-21(8-9-22-2)16-15(13-20)4-3-5-17-16/h3-5,10-11H,6-9,12-13H2,1-2H3. The van der Waals surface area contributed by atoms with Gasteiger partial charge in [0.25, 0.3) is 0 Å². The normalized spacial score (nSPS) is 15.6. The number of anilines is 1. The molecule has 0 saturated heterocycles. The molecule has 0 aliphatic carbocycles. The largest absolute Gasteiger partial charge is 0.383 e. The number of aromatic nitrogens is 3. The molecule has 6 heteroatoms. The van der Waals surface area contributed by atoms with Crippen LogP contribution in [0.15, 0.2) is 30.7 Å². The molecular formula is C16H23N5O. The molecule has 1 aliphatic heterocycles. The summed E-state index contributed by atoms with van der Waals surface area (Å²) in [6, 6.07) is 4.19. The molecule has 22 heavy (non-hydrogen) atoms. The number of hydrogen-bond donors (Lipinski definition) is 0. The first-order valence-corrected chi connectivity index (χ1v) is 7.64. The van der Waals surface area contributed by atoms with Crippen molar-refractivity contribution in [3.05, 3.63) is 41.9 Å². The maximum atomic E-state index is 5.23. The predicted molar refractivity (Wildman–Crippen MR) is 85.6 cm³/mol. The number of aryl methyl sites for hydroxylation is 1. The van der Waals surface area contributed by atoms with E-state index in [1.807, 2.05) is 30.2 Å². The quantitative estimate of drug-likeness (QED) is 0.832. The van der Waals surface area contributed by atoms with Crippen molar-refractivity contribution in [1.29, 1.82) is 0 Å². The highest BCUT2D eigenvalue weighted by atomic mass is 16.5. The molecule has 1 aliphatic rings. The predicted octanol–water partition coefficient (Wildman–Crippen LogP) is 1.28. The van der Waals surface area contributed by atoms with Crippen molar-refractivity contribution >= 4 is 5.82 Å². The minimum Gasteiger partial charge on any atom is -0.383 e. The number of ether oxygens (including phenoxy) is 1. The molecule has 0 aromatic carbocycles. The summed E-state index contributed by atoms with van der Waals surface area (Å²) in [6.07, 6.45) is 5.89. The van der Waals surface area contributed by atoms with Gasteiger partial charge in [0.05, 0.1) is 12.8 Å². The minimum atomic E-state index is 0.721. The van der Waals surface area contributed by atoms with Crippen LogP contribution in [0.5, 0.6) is 0 Å². The maximum absolute atomic E-state index is 5.23. The maximum Gasteiger partial charge on any atom is 0.133 e. The second kappa shape index (κ2) is 6.89. The van der Waals surface area contributed by atoms with E-state index in [-0.39, 0.29) is 0 Å². The van der Waals surface area contributed by atoms with E-state index in [0.29, 0.717) is 0 Å². The van der Waals surface area contributed by atoms with Crippen molar-refractivity contribution < 1.29 is 4.74 Å². The fourth-order valence-electron chi connectivity index (χ4n) is 2.89. The van der Waals surface area contributed by atoms with E-state index in [2.05, 4.69) is 32.1 Å². The van der Waals surface area contributed by atoms with Crippen LogP contribution in [0.4, 0.5) is 5.82 Å². The van der Waals surface area contributed by atoms with Crippen LogP contribution in [0.2, 0.25) is 0 Å². The van der Waals surface area contributed by atoms with Crippen LogP contribution in [0, 0.1) is 0 Å². The fraction of sp³-hybridized carbons (Fsp3) is 0.500. The van der Waals surface area contributed by atoms with E-state index in [9.17, 15) is 0 Å². The zero-order valence-corrected chi connectivity index (χ0v) is 13.3. The first kappa shape index (κ1) is 15.0. The van der Waals surface area contributed by atoms with Gasteiger partial charge in [-0.25, -0.2) is 4.98 Å². The first-order valence-electron chi connectivity index (χ1n) is 7.64. The Bertz CT molecular complexity index is 612. The van der Waals surface area contributed by atoms with E-state index >= 15 is 0 Å². The molecule has 0 amide bonds. The molecule has 6 nitrogen and oxygen atoms in total. The zero-order valence-electron chi connectivity index (χ0n) is 13.3. The van der Waals surface area contributed by atoms with Crippen molar-refractivity contribution in [1.82, 2.24) is 19.7 Å². The van der Waals surface area contributed by atoms with Gasteiger partial charge in [-0.3, -0.25) is 9.58 Å². The highest BCUT2D eigenvalue weighted by Crippen LogP contribution is 2.23. The van der Waals surface area contributed by atoms with Gasteiger partial charge in [0.1, 0.15) is 5.82 Å². The minimum absolute atomic E-state index is 0.721. The summed E-state index contributed by atoms with van der Waals surface area (Å²) >= 11 is 0. The second-order valence-electron chi connectivity index (χ2n) is 5.70. The van der Waals surface area contributed by atoms with Crippen molar-refractivity contribution in [2.75, 3.05) is 38.3 Å². The van der Waals surface area contributed by atoms with Gasteiger partial charge in [0.2, 0.25) is 0 Å². The third kappa shape index (κ3) is 3.45. The van der Waals surface area contributed by atoms with Gasteiger partial charge in [-0.1, -0.05) is 6.07 Å². The van der Waals surface area contributed by atoms with Crippen LogP contribution < -0.4 is 4.90 Å². The molecule has 3 heterocycles. The van der Waals surface area contributed by atoms with Gasteiger partial charge >= 0.3 is 0 Å². The topological polar surface area (TPSA) is 46.4 Å². The smallest absolute Gasteiger partial charge is 0.133 e. The molecule has 0 fully saturated rings. The zero-order chi connectivity index (χ0) is 15.4. The molecule has 118 valence electrons. The SMILES string of the molecule is COCCN1CCN(Cc2cnn(C)c2)Cc2cccnc21. The highest BCUT2D eigenvalue weighted by molar-refractivity contribution is 5.47. The number of methoxy groups -OCH3 is 1. The Morgan fingerprint density at radius 2 is 2.23 bits per heavy atom. The van der Waals surface area contributed by atoms with Gasteiger partial charge in [-0.2, -0.15) is 5.10 Å². The monoisotopic (exact) mass is 301 g/mol. The van der Waals surface area contributed by atoms with Crippen molar-refractivity contribution in [3.63, 3.8) is 0 Å². The van der Waals surface area contributed by atoms with E-state index < -0.39 is 0 Å².